The maximum atomic E-state index is 12.2. The van der Waals surface area contributed by atoms with Crippen molar-refractivity contribution in [3.63, 3.8) is 0 Å². The normalized spacial score (nSPS) is 26.7. The van der Waals surface area contributed by atoms with Gasteiger partial charge in [-0.2, -0.15) is 0 Å². The lowest BCUT2D eigenvalue weighted by atomic mass is 9.64. The fourth-order valence-corrected chi connectivity index (χ4v) is 9.55. The van der Waals surface area contributed by atoms with E-state index in [0.717, 1.165) is 44.9 Å². The standard InChI is InChI=1S/C38H66O5Si2/c1-28-22-24-38(42-44(12,13)35(5,6)7,43-45(14,15)36(8,9)10)25-30(28)19-18-29-17-16-23-37(11)31(20-21-32(29)37)26-40-27-33(39)41-34(2,3)4/h18-20,32H,1,16-17,21-27H2,2-15H3/t32-,37+/m0/s1. The third-order valence-corrected chi connectivity index (χ3v) is 20.3. The summed E-state index contributed by atoms with van der Waals surface area (Å²) in [4.78, 5) is 12.2. The molecule has 0 aromatic heterocycles. The quantitative estimate of drug-likeness (QED) is 0.107. The number of rotatable bonds is 9. The van der Waals surface area contributed by atoms with Gasteiger partial charge >= 0.3 is 5.97 Å². The van der Waals surface area contributed by atoms with Crippen LogP contribution in [-0.4, -0.2) is 47.2 Å². The second kappa shape index (κ2) is 13.3. The minimum absolute atomic E-state index is 0.0120. The monoisotopic (exact) mass is 658 g/mol. The fraction of sp³-hybridized carbons (Fsp3) is 0.763. The Morgan fingerprint density at radius 1 is 0.933 bits per heavy atom. The molecular weight excluding hydrogens is 593 g/mol. The summed E-state index contributed by atoms with van der Waals surface area (Å²) < 4.78 is 25.9. The first-order chi connectivity index (χ1) is 20.3. The fourth-order valence-electron chi connectivity index (χ4n) is 6.57. The van der Waals surface area contributed by atoms with Crippen molar-refractivity contribution in [2.24, 2.45) is 11.3 Å². The molecule has 0 unspecified atom stereocenters. The van der Waals surface area contributed by atoms with Gasteiger partial charge in [0, 0.05) is 12.8 Å². The molecule has 0 amide bonds. The Kier molecular flexibility index (Phi) is 11.3. The lowest BCUT2D eigenvalue weighted by Crippen LogP contribution is -2.57. The summed E-state index contributed by atoms with van der Waals surface area (Å²) >= 11 is 0. The molecule has 0 saturated heterocycles. The van der Waals surface area contributed by atoms with Crippen molar-refractivity contribution in [3.8, 4) is 0 Å². The van der Waals surface area contributed by atoms with E-state index in [2.05, 4.69) is 99.5 Å². The first kappa shape index (κ1) is 38.2. The van der Waals surface area contributed by atoms with Gasteiger partial charge in [0.1, 0.15) is 12.2 Å². The molecule has 5 nitrogen and oxygen atoms in total. The van der Waals surface area contributed by atoms with Crippen molar-refractivity contribution in [3.05, 3.63) is 47.1 Å². The molecule has 0 bridgehead atoms. The molecule has 0 heterocycles. The molecular formula is C38H66O5Si2. The molecule has 0 aromatic carbocycles. The van der Waals surface area contributed by atoms with Crippen LogP contribution in [0.15, 0.2) is 47.1 Å². The maximum Gasteiger partial charge on any atom is 0.332 e. The SMILES string of the molecule is C=C1CCC(O[Si](C)(C)C(C)(C)C)(O[Si](C)(C)C(C)(C)C)CC1=CC=C1CCC[C@]2(C)C(COCC(=O)OC(C)(C)C)=CC[C@@H]12. The summed E-state index contributed by atoms with van der Waals surface area (Å²) in [5, 5.41) is 0.181. The van der Waals surface area contributed by atoms with Crippen molar-refractivity contribution in [1.82, 2.24) is 0 Å². The van der Waals surface area contributed by atoms with Crippen LogP contribution in [-0.2, 0) is 23.1 Å². The van der Waals surface area contributed by atoms with E-state index in [1.165, 1.54) is 22.3 Å². The molecule has 0 aromatic rings. The number of allylic oxidation sites excluding steroid dienone is 5. The van der Waals surface area contributed by atoms with Crippen LogP contribution >= 0.6 is 0 Å². The van der Waals surface area contributed by atoms with E-state index < -0.39 is 28.0 Å². The van der Waals surface area contributed by atoms with Gasteiger partial charge in [-0.15, -0.1) is 0 Å². The Bertz CT molecular complexity index is 1170. The summed E-state index contributed by atoms with van der Waals surface area (Å²) in [6, 6.07) is 0. The van der Waals surface area contributed by atoms with Gasteiger partial charge in [-0.25, -0.2) is 4.79 Å². The molecule has 0 N–H and O–H groups in total. The smallest absolute Gasteiger partial charge is 0.332 e. The van der Waals surface area contributed by atoms with Crippen LogP contribution < -0.4 is 0 Å². The predicted octanol–water partition coefficient (Wildman–Crippen LogP) is 10.8. The molecule has 3 aliphatic rings. The first-order valence-corrected chi connectivity index (χ1v) is 23.1. The Morgan fingerprint density at radius 2 is 1.51 bits per heavy atom. The summed E-state index contributed by atoms with van der Waals surface area (Å²) in [5.74, 6) is -0.471. The molecule has 2 saturated carbocycles. The minimum atomic E-state index is -2.12. The predicted molar refractivity (Wildman–Crippen MR) is 193 cm³/mol. The number of hydrogen-bond donors (Lipinski definition) is 0. The molecule has 7 heteroatoms. The highest BCUT2D eigenvalue weighted by molar-refractivity contribution is 6.75. The van der Waals surface area contributed by atoms with Crippen LogP contribution in [0.5, 0.6) is 0 Å². The van der Waals surface area contributed by atoms with Crippen molar-refractivity contribution >= 4 is 22.6 Å². The maximum absolute atomic E-state index is 12.2. The average Bonchev–Trinajstić information content (AvgIpc) is 3.18. The number of hydrogen-bond acceptors (Lipinski definition) is 5. The van der Waals surface area contributed by atoms with Gasteiger partial charge in [0.05, 0.1) is 6.61 Å². The third kappa shape index (κ3) is 9.22. The van der Waals surface area contributed by atoms with Gasteiger partial charge in [-0.05, 0) is 112 Å². The van der Waals surface area contributed by atoms with Gasteiger partial charge in [-0.3, -0.25) is 0 Å². The Hall–Kier alpha value is -1.26. The van der Waals surface area contributed by atoms with Gasteiger partial charge in [0.25, 0.3) is 0 Å². The largest absolute Gasteiger partial charge is 0.458 e. The highest BCUT2D eigenvalue weighted by Crippen LogP contribution is 2.55. The molecule has 3 aliphatic carbocycles. The van der Waals surface area contributed by atoms with E-state index >= 15 is 0 Å². The van der Waals surface area contributed by atoms with E-state index in [1.54, 1.807) is 0 Å². The van der Waals surface area contributed by atoms with Crippen molar-refractivity contribution in [2.75, 3.05) is 13.2 Å². The third-order valence-electron chi connectivity index (χ3n) is 11.3. The van der Waals surface area contributed by atoms with Crippen molar-refractivity contribution < 1.29 is 23.1 Å². The van der Waals surface area contributed by atoms with Crippen LogP contribution in [0.3, 0.4) is 0 Å². The van der Waals surface area contributed by atoms with E-state index in [-0.39, 0.29) is 28.1 Å². The van der Waals surface area contributed by atoms with Gasteiger partial charge in [0.15, 0.2) is 22.4 Å². The molecule has 2 atom stereocenters. The van der Waals surface area contributed by atoms with Crippen LogP contribution in [0.1, 0.15) is 114 Å². The number of carbonyl (C=O) groups is 1. The first-order valence-electron chi connectivity index (χ1n) is 17.3. The Labute approximate surface area is 278 Å². The number of fused-ring (bicyclic) bond motifs is 1. The van der Waals surface area contributed by atoms with Crippen molar-refractivity contribution in [1.29, 1.82) is 0 Å². The molecule has 0 radical (unpaired) electrons. The highest BCUT2D eigenvalue weighted by Gasteiger charge is 2.52. The van der Waals surface area contributed by atoms with Crippen molar-refractivity contribution in [2.45, 2.75) is 162 Å². The molecule has 3 rings (SSSR count). The summed E-state index contributed by atoms with van der Waals surface area (Å²) in [5.41, 5.74) is 4.86. The Balaban J connectivity index is 1.84. The van der Waals surface area contributed by atoms with E-state index in [0.29, 0.717) is 12.5 Å². The summed E-state index contributed by atoms with van der Waals surface area (Å²) in [6.45, 7) is 36.3. The molecule has 0 aliphatic heterocycles. The molecule has 2 fully saturated rings. The molecule has 0 spiro atoms. The summed E-state index contributed by atoms with van der Waals surface area (Å²) in [7, 11) is -4.24. The number of esters is 1. The average molecular weight is 659 g/mol. The van der Waals surface area contributed by atoms with Gasteiger partial charge < -0.3 is 18.3 Å². The number of carbonyl (C=O) groups excluding carboxylic acids is 1. The zero-order chi connectivity index (χ0) is 34.3. The van der Waals surface area contributed by atoms with Crippen LogP contribution in [0, 0.1) is 11.3 Å². The van der Waals surface area contributed by atoms with Gasteiger partial charge in [0.2, 0.25) is 0 Å². The van der Waals surface area contributed by atoms with Gasteiger partial charge in [-0.1, -0.05) is 84.4 Å². The van der Waals surface area contributed by atoms with Crippen LogP contribution in [0.4, 0.5) is 0 Å². The van der Waals surface area contributed by atoms with Crippen LogP contribution in [0.25, 0.3) is 0 Å². The minimum Gasteiger partial charge on any atom is -0.458 e. The topological polar surface area (TPSA) is 54.0 Å². The zero-order valence-electron chi connectivity index (χ0n) is 31.4. The second-order valence-electron chi connectivity index (χ2n) is 18.2. The Morgan fingerprint density at radius 3 is 2.04 bits per heavy atom. The number of ether oxygens (including phenoxy) is 2. The highest BCUT2D eigenvalue weighted by atomic mass is 28.4. The van der Waals surface area contributed by atoms with E-state index in [9.17, 15) is 4.79 Å². The summed E-state index contributed by atoms with van der Waals surface area (Å²) in [6.07, 6.45) is 14.0. The lowest BCUT2D eigenvalue weighted by molar-refractivity contribution is -0.160. The molecule has 45 heavy (non-hydrogen) atoms. The van der Waals surface area contributed by atoms with E-state index in [1.807, 2.05) is 20.8 Å². The second-order valence-corrected chi connectivity index (χ2v) is 27.7. The lowest BCUT2D eigenvalue weighted by Gasteiger charge is -2.52. The van der Waals surface area contributed by atoms with E-state index in [4.69, 9.17) is 18.3 Å². The molecule has 256 valence electrons. The van der Waals surface area contributed by atoms with Crippen LogP contribution in [0.2, 0.25) is 36.3 Å². The zero-order valence-corrected chi connectivity index (χ0v) is 33.4.